The first-order chi connectivity index (χ1) is 13.5. The monoisotopic (exact) mass is 384 g/mol. The molecule has 1 aromatic carbocycles. The van der Waals surface area contributed by atoms with Crippen molar-refractivity contribution in [3.63, 3.8) is 0 Å². The molecule has 150 valence electrons. The third-order valence-electron chi connectivity index (χ3n) is 5.41. The van der Waals surface area contributed by atoms with Gasteiger partial charge in [-0.05, 0) is 51.0 Å². The second-order valence-corrected chi connectivity index (χ2v) is 7.11. The molecular weight excluding hydrogens is 356 g/mol. The molecule has 0 amide bonds. The van der Waals surface area contributed by atoms with Gasteiger partial charge in [-0.1, -0.05) is 19.3 Å². The number of hydrogen-bond donors (Lipinski definition) is 2. The van der Waals surface area contributed by atoms with Crippen LogP contribution in [0.1, 0.15) is 57.6 Å². The minimum Gasteiger partial charge on any atom is -0.494 e. The fourth-order valence-electron chi connectivity index (χ4n) is 3.82. The lowest BCUT2D eigenvalue weighted by molar-refractivity contribution is 0.298. The summed E-state index contributed by atoms with van der Waals surface area (Å²) in [5.74, 6) is -0.302. The van der Waals surface area contributed by atoms with Crippen molar-refractivity contribution in [2.75, 3.05) is 18.0 Å². The molecule has 1 aliphatic carbocycles. The van der Waals surface area contributed by atoms with E-state index in [0.29, 0.717) is 5.69 Å². The van der Waals surface area contributed by atoms with Crippen LogP contribution in [0.4, 0.5) is 11.4 Å². The summed E-state index contributed by atoms with van der Waals surface area (Å²) in [6.45, 7) is 6.05. The van der Waals surface area contributed by atoms with Crippen LogP contribution in [0.2, 0.25) is 0 Å². The van der Waals surface area contributed by atoms with Gasteiger partial charge in [-0.3, -0.25) is 19.3 Å². The van der Waals surface area contributed by atoms with Gasteiger partial charge >= 0.3 is 5.69 Å². The predicted molar refractivity (Wildman–Crippen MR) is 112 cm³/mol. The van der Waals surface area contributed by atoms with Crippen LogP contribution in [0.3, 0.4) is 0 Å². The van der Waals surface area contributed by atoms with Crippen LogP contribution in [0.5, 0.6) is 5.88 Å². The van der Waals surface area contributed by atoms with Crippen LogP contribution in [-0.2, 0) is 0 Å². The van der Waals surface area contributed by atoms with Crippen molar-refractivity contribution >= 4 is 17.6 Å². The molecule has 1 aliphatic rings. The van der Waals surface area contributed by atoms with E-state index in [2.05, 4.69) is 28.7 Å². The fraction of sp³-hybridized carbons (Fsp3) is 0.476. The molecule has 28 heavy (non-hydrogen) atoms. The molecule has 1 heterocycles. The molecule has 1 fully saturated rings. The van der Waals surface area contributed by atoms with E-state index in [0.717, 1.165) is 50.9 Å². The molecule has 0 saturated heterocycles. The molecule has 1 saturated carbocycles. The molecule has 0 atom stereocenters. The number of nitrogens with zero attached hydrogens (tertiary/aromatic N) is 3. The largest absolute Gasteiger partial charge is 0.494 e. The van der Waals surface area contributed by atoms with Crippen molar-refractivity contribution in [1.29, 1.82) is 0 Å². The van der Waals surface area contributed by atoms with Gasteiger partial charge in [-0.25, -0.2) is 4.79 Å². The van der Waals surface area contributed by atoms with Gasteiger partial charge in [0, 0.05) is 31.0 Å². The van der Waals surface area contributed by atoms with Gasteiger partial charge in [0.15, 0.2) is 0 Å². The Morgan fingerprint density at radius 1 is 1.14 bits per heavy atom. The van der Waals surface area contributed by atoms with Crippen LogP contribution in [-0.4, -0.2) is 34.0 Å². The van der Waals surface area contributed by atoms with E-state index in [1.165, 1.54) is 10.8 Å². The van der Waals surface area contributed by atoms with Crippen molar-refractivity contribution in [2.24, 2.45) is 4.99 Å². The molecule has 3 rings (SSSR count). The quantitative estimate of drug-likeness (QED) is 0.747. The van der Waals surface area contributed by atoms with Crippen molar-refractivity contribution in [1.82, 2.24) is 9.55 Å². The van der Waals surface area contributed by atoms with Crippen LogP contribution in [0.15, 0.2) is 38.8 Å². The molecule has 0 aliphatic heterocycles. The summed E-state index contributed by atoms with van der Waals surface area (Å²) in [5.41, 5.74) is 0.604. The van der Waals surface area contributed by atoms with E-state index in [-0.39, 0.29) is 17.5 Å². The summed E-state index contributed by atoms with van der Waals surface area (Å²) in [6.07, 6.45) is 6.13. The number of benzene rings is 1. The standard InChI is InChI=1S/C21H28N4O3/c1-3-24(4-2)16-12-10-15(11-13-16)22-14-18-19(26)23-21(28)25(20(18)27)17-8-6-5-7-9-17/h10-14,17,27H,3-9H2,1-2H3,(H,23,26,28). The van der Waals surface area contributed by atoms with Gasteiger partial charge < -0.3 is 10.0 Å². The van der Waals surface area contributed by atoms with E-state index in [1.54, 1.807) is 0 Å². The zero-order chi connectivity index (χ0) is 20.1. The summed E-state index contributed by atoms with van der Waals surface area (Å²) in [5, 5.41) is 10.6. The first kappa shape index (κ1) is 19.9. The van der Waals surface area contributed by atoms with Gasteiger partial charge in [0.25, 0.3) is 5.56 Å². The number of aromatic hydroxyl groups is 1. The number of aromatic nitrogens is 2. The topological polar surface area (TPSA) is 90.7 Å². The van der Waals surface area contributed by atoms with Gasteiger partial charge in [0.1, 0.15) is 5.56 Å². The first-order valence-electron chi connectivity index (χ1n) is 10.0. The average molecular weight is 384 g/mol. The maximum absolute atomic E-state index is 12.2. The maximum atomic E-state index is 12.2. The molecule has 1 aromatic heterocycles. The van der Waals surface area contributed by atoms with Crippen molar-refractivity contribution in [3.8, 4) is 5.88 Å². The number of anilines is 1. The van der Waals surface area contributed by atoms with Crippen LogP contribution >= 0.6 is 0 Å². The molecule has 7 heteroatoms. The Kier molecular flexibility index (Phi) is 6.34. The summed E-state index contributed by atoms with van der Waals surface area (Å²) in [6, 6.07) is 7.61. The molecule has 2 N–H and O–H groups in total. The zero-order valence-electron chi connectivity index (χ0n) is 16.5. The molecule has 0 bridgehead atoms. The average Bonchev–Trinajstić information content (AvgIpc) is 2.70. The lowest BCUT2D eigenvalue weighted by atomic mass is 9.95. The van der Waals surface area contributed by atoms with Crippen molar-refractivity contribution in [3.05, 3.63) is 50.7 Å². The lowest BCUT2D eigenvalue weighted by Gasteiger charge is -2.24. The smallest absolute Gasteiger partial charge is 0.331 e. The summed E-state index contributed by atoms with van der Waals surface area (Å²) >= 11 is 0. The van der Waals surface area contributed by atoms with Gasteiger partial charge in [0.2, 0.25) is 5.88 Å². The SMILES string of the molecule is CCN(CC)c1ccc(N=Cc2c(O)n(C3CCCCC3)c(=O)[nH]c2=O)cc1. The zero-order valence-corrected chi connectivity index (χ0v) is 16.5. The third-order valence-corrected chi connectivity index (χ3v) is 5.41. The number of rotatable bonds is 6. The van der Waals surface area contributed by atoms with E-state index in [4.69, 9.17) is 0 Å². The van der Waals surface area contributed by atoms with E-state index in [9.17, 15) is 14.7 Å². The summed E-state index contributed by atoms with van der Waals surface area (Å²) in [7, 11) is 0. The Morgan fingerprint density at radius 3 is 2.39 bits per heavy atom. The minimum atomic E-state index is -0.627. The second kappa shape index (κ2) is 8.91. The minimum absolute atomic E-state index is 0.0120. The molecular formula is C21H28N4O3. The molecule has 7 nitrogen and oxygen atoms in total. The van der Waals surface area contributed by atoms with Crippen molar-refractivity contribution in [2.45, 2.75) is 52.0 Å². The second-order valence-electron chi connectivity index (χ2n) is 7.11. The Morgan fingerprint density at radius 2 is 1.79 bits per heavy atom. The number of aliphatic imine (C=N–C) groups is 1. The highest BCUT2D eigenvalue weighted by Crippen LogP contribution is 2.30. The van der Waals surface area contributed by atoms with E-state index < -0.39 is 11.2 Å². The lowest BCUT2D eigenvalue weighted by Crippen LogP contribution is -2.35. The number of H-pyrrole nitrogens is 1. The normalized spacial score (nSPS) is 15.2. The van der Waals surface area contributed by atoms with Crippen LogP contribution < -0.4 is 16.1 Å². The van der Waals surface area contributed by atoms with Crippen molar-refractivity contribution < 1.29 is 5.11 Å². The molecule has 0 radical (unpaired) electrons. The van der Waals surface area contributed by atoms with E-state index in [1.807, 2.05) is 24.3 Å². The Bertz CT molecular complexity index is 934. The van der Waals surface area contributed by atoms with Crippen LogP contribution in [0, 0.1) is 0 Å². The number of nitrogens with one attached hydrogen (secondary N) is 1. The predicted octanol–water partition coefficient (Wildman–Crippen LogP) is 3.34. The van der Waals surface area contributed by atoms with Crippen LogP contribution in [0.25, 0.3) is 0 Å². The van der Waals surface area contributed by atoms with E-state index >= 15 is 0 Å². The first-order valence-corrected chi connectivity index (χ1v) is 10.0. The Balaban J connectivity index is 1.89. The highest BCUT2D eigenvalue weighted by Gasteiger charge is 2.22. The van der Waals surface area contributed by atoms with Gasteiger partial charge in [-0.2, -0.15) is 0 Å². The maximum Gasteiger partial charge on any atom is 0.331 e. The summed E-state index contributed by atoms with van der Waals surface area (Å²) in [4.78, 5) is 33.3. The Labute approximate surface area is 164 Å². The molecule has 0 unspecified atom stereocenters. The highest BCUT2D eigenvalue weighted by molar-refractivity contribution is 5.84. The Hall–Kier alpha value is -2.83. The summed E-state index contributed by atoms with van der Waals surface area (Å²) < 4.78 is 1.31. The third kappa shape index (κ3) is 4.18. The molecule has 2 aromatic rings. The number of aromatic amines is 1. The van der Waals surface area contributed by atoms with Gasteiger partial charge in [-0.15, -0.1) is 0 Å². The fourth-order valence-corrected chi connectivity index (χ4v) is 3.82. The molecule has 0 spiro atoms. The van der Waals surface area contributed by atoms with Gasteiger partial charge in [0.05, 0.1) is 5.69 Å². The highest BCUT2D eigenvalue weighted by atomic mass is 16.3. The number of hydrogen-bond acceptors (Lipinski definition) is 5.